The monoisotopic (exact) mass is 305 g/mol. The van der Waals surface area contributed by atoms with Crippen LogP contribution in [0, 0.1) is 6.92 Å². The van der Waals surface area contributed by atoms with E-state index in [9.17, 15) is 0 Å². The second-order valence-electron chi connectivity index (χ2n) is 7.39. The van der Waals surface area contributed by atoms with E-state index in [-0.39, 0.29) is 0 Å². The molecule has 2 aromatic carbocycles. The molecule has 2 aliphatic rings. The number of hydrogen-bond acceptors (Lipinski definition) is 1. The van der Waals surface area contributed by atoms with Crippen molar-refractivity contribution in [2.45, 2.75) is 44.4 Å². The number of aryl methyl sites for hydroxylation is 2. The van der Waals surface area contributed by atoms with Gasteiger partial charge in [-0.15, -0.1) is 0 Å². The number of nitrogens with zero attached hydrogens (tertiary/aromatic N) is 1. The summed E-state index contributed by atoms with van der Waals surface area (Å²) in [5.41, 5.74) is 6.25. The lowest BCUT2D eigenvalue weighted by Crippen LogP contribution is -2.28. The van der Waals surface area contributed by atoms with Crippen LogP contribution in [0.15, 0.2) is 48.5 Å². The van der Waals surface area contributed by atoms with Gasteiger partial charge in [0.15, 0.2) is 0 Å². The summed E-state index contributed by atoms with van der Waals surface area (Å²) < 4.78 is 0. The fraction of sp³-hybridized carbons (Fsp3) is 0.455. The van der Waals surface area contributed by atoms with Crippen LogP contribution in [0.1, 0.15) is 53.4 Å². The lowest BCUT2D eigenvalue weighted by Gasteiger charge is -2.29. The molecule has 23 heavy (non-hydrogen) atoms. The van der Waals surface area contributed by atoms with Gasteiger partial charge in [0.05, 0.1) is 0 Å². The minimum absolute atomic E-state index is 0.732. The van der Waals surface area contributed by atoms with Crippen molar-refractivity contribution in [3.8, 4) is 0 Å². The van der Waals surface area contributed by atoms with E-state index in [2.05, 4.69) is 60.4 Å². The Kier molecular flexibility index (Phi) is 4.22. The molecule has 0 N–H and O–H groups in total. The summed E-state index contributed by atoms with van der Waals surface area (Å²) in [6.07, 6.45) is 5.32. The van der Waals surface area contributed by atoms with Gasteiger partial charge < -0.3 is 4.90 Å². The summed E-state index contributed by atoms with van der Waals surface area (Å²) >= 11 is 0. The molecule has 1 aliphatic heterocycles. The first-order valence-electron chi connectivity index (χ1n) is 9.17. The first-order chi connectivity index (χ1) is 11.3. The van der Waals surface area contributed by atoms with E-state index in [4.69, 9.17) is 0 Å². The second-order valence-corrected chi connectivity index (χ2v) is 7.39. The van der Waals surface area contributed by atoms with Gasteiger partial charge in [-0.05, 0) is 73.2 Å². The molecule has 1 fully saturated rings. The van der Waals surface area contributed by atoms with Gasteiger partial charge in [-0.2, -0.15) is 0 Å². The minimum atomic E-state index is 0.732. The third-order valence-corrected chi connectivity index (χ3v) is 5.87. The maximum Gasteiger partial charge on any atom is 0.00511 e. The average molecular weight is 305 g/mol. The quantitative estimate of drug-likeness (QED) is 0.779. The second kappa shape index (κ2) is 6.49. The van der Waals surface area contributed by atoms with Crippen LogP contribution >= 0.6 is 0 Å². The highest BCUT2D eigenvalue weighted by Crippen LogP contribution is 2.35. The Hall–Kier alpha value is -1.60. The van der Waals surface area contributed by atoms with Crippen LogP contribution in [0.5, 0.6) is 0 Å². The largest absolute Gasteiger partial charge is 0.302 e. The van der Waals surface area contributed by atoms with Gasteiger partial charge in [-0.1, -0.05) is 48.5 Å². The lowest BCUT2D eigenvalue weighted by atomic mass is 9.82. The highest BCUT2D eigenvalue weighted by atomic mass is 15.1. The molecular weight excluding hydrogens is 278 g/mol. The van der Waals surface area contributed by atoms with E-state index >= 15 is 0 Å². The Labute approximate surface area is 140 Å². The lowest BCUT2D eigenvalue weighted by molar-refractivity contribution is 0.297. The van der Waals surface area contributed by atoms with Crippen molar-refractivity contribution in [2.24, 2.45) is 0 Å². The van der Waals surface area contributed by atoms with Gasteiger partial charge >= 0.3 is 0 Å². The van der Waals surface area contributed by atoms with Crippen LogP contribution in [0.2, 0.25) is 0 Å². The molecule has 0 saturated carbocycles. The molecule has 120 valence electrons. The molecule has 2 atom stereocenters. The molecule has 1 heterocycles. The van der Waals surface area contributed by atoms with Crippen LogP contribution in [0.3, 0.4) is 0 Å². The molecule has 2 aromatic rings. The van der Waals surface area contributed by atoms with E-state index in [0.29, 0.717) is 0 Å². The summed E-state index contributed by atoms with van der Waals surface area (Å²) in [4.78, 5) is 2.71. The summed E-state index contributed by atoms with van der Waals surface area (Å²) in [5.74, 6) is 1.48. The average Bonchev–Trinajstić information content (AvgIpc) is 3.04. The van der Waals surface area contributed by atoms with Crippen LogP contribution < -0.4 is 0 Å². The zero-order chi connectivity index (χ0) is 15.6. The number of rotatable bonds is 3. The number of likely N-dealkylation sites (tertiary alicyclic amines) is 1. The summed E-state index contributed by atoms with van der Waals surface area (Å²) in [7, 11) is 0. The standard InChI is InChI=1S/C22H27N/c1-17-7-2-4-11-21(17)20-13-14-23(16-20)15-19-10-6-9-18-8-3-5-12-22(18)19/h2-5,7-8,11-12,19-20H,6,9-10,13-16H2,1H3. The first-order valence-corrected chi connectivity index (χ1v) is 9.17. The zero-order valence-electron chi connectivity index (χ0n) is 14.2. The predicted molar refractivity (Wildman–Crippen MR) is 97.1 cm³/mol. The zero-order valence-corrected chi connectivity index (χ0v) is 14.2. The normalized spacial score (nSPS) is 24.6. The fourth-order valence-electron chi connectivity index (χ4n) is 4.65. The molecular formula is C22H27N. The highest BCUT2D eigenvalue weighted by molar-refractivity contribution is 5.33. The Bertz CT molecular complexity index is 675. The van der Waals surface area contributed by atoms with Gasteiger partial charge in [0.25, 0.3) is 0 Å². The molecule has 0 amide bonds. The maximum absolute atomic E-state index is 2.71. The van der Waals surface area contributed by atoms with Gasteiger partial charge in [-0.25, -0.2) is 0 Å². The molecule has 1 heteroatoms. The van der Waals surface area contributed by atoms with Gasteiger partial charge in [-0.3, -0.25) is 0 Å². The van der Waals surface area contributed by atoms with E-state index in [0.717, 1.165) is 11.8 Å². The third kappa shape index (κ3) is 3.07. The topological polar surface area (TPSA) is 3.24 Å². The molecule has 0 bridgehead atoms. The molecule has 1 nitrogen and oxygen atoms in total. The first kappa shape index (κ1) is 15.0. The van der Waals surface area contributed by atoms with Crippen LogP contribution in [-0.2, 0) is 6.42 Å². The number of benzene rings is 2. The van der Waals surface area contributed by atoms with Crippen molar-refractivity contribution in [3.05, 3.63) is 70.8 Å². The van der Waals surface area contributed by atoms with E-state index in [1.54, 1.807) is 16.7 Å². The Morgan fingerprint density at radius 3 is 2.61 bits per heavy atom. The molecule has 0 spiro atoms. The molecule has 0 radical (unpaired) electrons. The Morgan fingerprint density at radius 1 is 0.957 bits per heavy atom. The molecule has 2 unspecified atom stereocenters. The summed E-state index contributed by atoms with van der Waals surface area (Å²) in [6.45, 7) is 6.01. The third-order valence-electron chi connectivity index (χ3n) is 5.87. The Balaban J connectivity index is 1.45. The minimum Gasteiger partial charge on any atom is -0.302 e. The van der Waals surface area contributed by atoms with Crippen molar-refractivity contribution in [1.29, 1.82) is 0 Å². The molecule has 0 aromatic heterocycles. The maximum atomic E-state index is 2.71. The summed E-state index contributed by atoms with van der Waals surface area (Å²) in [5, 5.41) is 0. The van der Waals surface area contributed by atoms with E-state index in [1.165, 1.54) is 50.9 Å². The van der Waals surface area contributed by atoms with E-state index < -0.39 is 0 Å². The van der Waals surface area contributed by atoms with Crippen LogP contribution in [-0.4, -0.2) is 24.5 Å². The summed E-state index contributed by atoms with van der Waals surface area (Å²) in [6, 6.07) is 18.1. The molecule has 1 saturated heterocycles. The van der Waals surface area contributed by atoms with Crippen molar-refractivity contribution in [1.82, 2.24) is 4.90 Å². The Morgan fingerprint density at radius 2 is 1.74 bits per heavy atom. The van der Waals surface area contributed by atoms with Crippen LogP contribution in [0.25, 0.3) is 0 Å². The molecule has 4 rings (SSSR count). The van der Waals surface area contributed by atoms with E-state index in [1.807, 2.05) is 0 Å². The SMILES string of the molecule is Cc1ccccc1C1CCN(CC2CCCc3ccccc32)C1. The van der Waals surface area contributed by atoms with Crippen molar-refractivity contribution in [3.63, 3.8) is 0 Å². The van der Waals surface area contributed by atoms with Gasteiger partial charge in [0, 0.05) is 13.1 Å². The number of hydrogen-bond donors (Lipinski definition) is 0. The van der Waals surface area contributed by atoms with Gasteiger partial charge in [0.1, 0.15) is 0 Å². The van der Waals surface area contributed by atoms with Crippen molar-refractivity contribution >= 4 is 0 Å². The van der Waals surface area contributed by atoms with Crippen molar-refractivity contribution < 1.29 is 0 Å². The molecule has 1 aliphatic carbocycles. The number of fused-ring (bicyclic) bond motifs is 1. The highest BCUT2D eigenvalue weighted by Gasteiger charge is 2.28. The van der Waals surface area contributed by atoms with Crippen LogP contribution in [0.4, 0.5) is 0 Å². The smallest absolute Gasteiger partial charge is 0.00511 e. The van der Waals surface area contributed by atoms with Crippen molar-refractivity contribution in [2.75, 3.05) is 19.6 Å². The predicted octanol–water partition coefficient (Wildman–Crippen LogP) is 4.90. The van der Waals surface area contributed by atoms with Gasteiger partial charge in [0.2, 0.25) is 0 Å². The fourth-order valence-corrected chi connectivity index (χ4v) is 4.65.